The van der Waals surface area contributed by atoms with Crippen molar-refractivity contribution in [1.29, 1.82) is 5.41 Å². The van der Waals surface area contributed by atoms with E-state index in [0.29, 0.717) is 43.5 Å². The average molecular weight is 447 g/mol. The van der Waals surface area contributed by atoms with Crippen molar-refractivity contribution >= 4 is 35.3 Å². The maximum atomic E-state index is 12.3. The molecule has 1 saturated heterocycles. The van der Waals surface area contributed by atoms with Gasteiger partial charge in [-0.1, -0.05) is 12.1 Å². The summed E-state index contributed by atoms with van der Waals surface area (Å²) in [6.07, 6.45) is 3.21. The number of nitrogens with one attached hydrogen (secondary N) is 4. The summed E-state index contributed by atoms with van der Waals surface area (Å²) < 4.78 is 5.61. The molecule has 1 aromatic carbocycles. The molecule has 2 aliphatic heterocycles. The van der Waals surface area contributed by atoms with Gasteiger partial charge in [0.15, 0.2) is 0 Å². The maximum absolute atomic E-state index is 12.3. The fourth-order valence-corrected chi connectivity index (χ4v) is 4.48. The second-order valence-electron chi connectivity index (χ2n) is 8.20. The Kier molecular flexibility index (Phi) is 5.53. The number of aromatic amines is 1. The first-order valence-corrected chi connectivity index (χ1v) is 10.9. The number of anilines is 4. The highest BCUT2D eigenvalue weighted by Crippen LogP contribution is 2.40. The molecular formula is C23H26N8O2. The minimum Gasteiger partial charge on any atom is -0.377 e. The number of nitrogens with zero attached hydrogens (tertiary/aromatic N) is 3. The maximum Gasteiger partial charge on any atom is 0.228 e. The molecule has 170 valence electrons. The first kappa shape index (κ1) is 21.1. The summed E-state index contributed by atoms with van der Waals surface area (Å²) in [6.45, 7) is 4.39. The van der Waals surface area contributed by atoms with E-state index in [1.54, 1.807) is 12.3 Å². The Morgan fingerprint density at radius 1 is 1.36 bits per heavy atom. The highest BCUT2D eigenvalue weighted by molar-refractivity contribution is 6.05. The van der Waals surface area contributed by atoms with Gasteiger partial charge in [0.25, 0.3) is 0 Å². The molecule has 0 saturated carbocycles. The van der Waals surface area contributed by atoms with Crippen molar-refractivity contribution < 1.29 is 9.53 Å². The molecule has 0 aliphatic carbocycles. The fourth-order valence-electron chi connectivity index (χ4n) is 4.48. The number of benzene rings is 1. The van der Waals surface area contributed by atoms with Crippen LogP contribution in [0.3, 0.4) is 0 Å². The number of fused-ring (bicyclic) bond motifs is 1. The molecule has 2 aromatic heterocycles. The fraction of sp³-hybridized carbons (Fsp3) is 0.304. The molecule has 3 aromatic rings. The summed E-state index contributed by atoms with van der Waals surface area (Å²) >= 11 is 0. The molecule has 4 heterocycles. The van der Waals surface area contributed by atoms with Gasteiger partial charge in [0.1, 0.15) is 17.5 Å². The van der Waals surface area contributed by atoms with Crippen LogP contribution in [0.25, 0.3) is 11.1 Å². The molecule has 0 unspecified atom stereocenters. The number of rotatable bonds is 6. The zero-order chi connectivity index (χ0) is 22.9. The van der Waals surface area contributed by atoms with Crippen molar-refractivity contribution in [1.82, 2.24) is 15.2 Å². The van der Waals surface area contributed by atoms with Crippen LogP contribution in [0, 0.1) is 5.41 Å². The molecular weight excluding hydrogens is 420 g/mol. The number of hydrogen-bond donors (Lipinski definition) is 5. The first-order chi connectivity index (χ1) is 16.1. The van der Waals surface area contributed by atoms with Crippen LogP contribution in [0.1, 0.15) is 23.6 Å². The average Bonchev–Trinajstić information content (AvgIpc) is 3.47. The molecule has 10 heteroatoms. The lowest BCUT2D eigenvalue weighted by atomic mass is 9.92. The van der Waals surface area contributed by atoms with Gasteiger partial charge in [-0.25, -0.2) is 4.98 Å². The van der Waals surface area contributed by atoms with Crippen LogP contribution in [0.4, 0.5) is 23.1 Å². The minimum atomic E-state index is -0.0598. The molecule has 33 heavy (non-hydrogen) atoms. The number of hydrogen-bond acceptors (Lipinski definition) is 8. The lowest BCUT2D eigenvalue weighted by molar-refractivity contribution is -0.115. The van der Waals surface area contributed by atoms with E-state index in [0.717, 1.165) is 33.8 Å². The molecule has 0 spiro atoms. The van der Waals surface area contributed by atoms with Crippen molar-refractivity contribution in [3.8, 4) is 11.1 Å². The van der Waals surface area contributed by atoms with Gasteiger partial charge in [-0.3, -0.25) is 9.89 Å². The number of amides is 1. The largest absolute Gasteiger partial charge is 0.377 e. The lowest BCUT2D eigenvalue weighted by Gasteiger charge is -2.35. The Hall–Kier alpha value is -3.76. The number of carbonyl (C=O) groups excluding carboxylic acids is 1. The third kappa shape index (κ3) is 3.83. The Balaban J connectivity index is 1.71. The summed E-state index contributed by atoms with van der Waals surface area (Å²) in [7, 11) is 0. The van der Waals surface area contributed by atoms with E-state index in [1.807, 2.05) is 18.2 Å². The minimum absolute atomic E-state index is 0.0598. The van der Waals surface area contributed by atoms with Gasteiger partial charge in [0.05, 0.1) is 31.9 Å². The SMILES string of the molecule is C[C@@H]1COCCN1c1cc(-c2ccc(CN)c3c2CC(=O)N3)c(C=N)c(Nc2ccn[nH]2)n1. The van der Waals surface area contributed by atoms with E-state index in [2.05, 4.69) is 32.7 Å². The van der Waals surface area contributed by atoms with Crippen molar-refractivity contribution in [3.63, 3.8) is 0 Å². The topological polar surface area (TPSA) is 145 Å². The van der Waals surface area contributed by atoms with Gasteiger partial charge in [-0.2, -0.15) is 5.10 Å². The number of nitrogens with two attached hydrogens (primary N) is 1. The second kappa shape index (κ2) is 8.64. The van der Waals surface area contributed by atoms with E-state index in [4.69, 9.17) is 20.9 Å². The van der Waals surface area contributed by atoms with E-state index in [-0.39, 0.29) is 18.4 Å². The summed E-state index contributed by atoms with van der Waals surface area (Å²) in [6, 6.07) is 7.87. The van der Waals surface area contributed by atoms with Gasteiger partial charge in [-0.15, -0.1) is 0 Å². The Labute approximate surface area is 191 Å². The summed E-state index contributed by atoms with van der Waals surface area (Å²) in [5, 5.41) is 21.3. The second-order valence-corrected chi connectivity index (χ2v) is 8.20. The van der Waals surface area contributed by atoms with E-state index >= 15 is 0 Å². The third-order valence-corrected chi connectivity index (χ3v) is 6.12. The van der Waals surface area contributed by atoms with Crippen LogP contribution >= 0.6 is 0 Å². The number of pyridine rings is 1. The molecule has 6 N–H and O–H groups in total. The zero-order valence-electron chi connectivity index (χ0n) is 18.3. The third-order valence-electron chi connectivity index (χ3n) is 6.12. The molecule has 1 fully saturated rings. The standard InChI is InChI=1S/C23H26N8O2/c1-13-12-33-7-6-31(13)20-8-16(18(11-25)23(28-20)27-19-4-5-26-30-19)15-3-2-14(10-24)22-17(15)9-21(32)29-22/h2-5,8,11,13,25H,6-7,9-10,12,24H2,1H3,(H,29,32)(H2,26,27,28,30)/t13-/m1/s1. The number of morpholine rings is 1. The zero-order valence-corrected chi connectivity index (χ0v) is 18.3. The van der Waals surface area contributed by atoms with Gasteiger partial charge < -0.3 is 31.4 Å². The molecule has 5 rings (SSSR count). The predicted molar refractivity (Wildman–Crippen MR) is 127 cm³/mol. The van der Waals surface area contributed by atoms with Crippen molar-refractivity contribution in [2.24, 2.45) is 5.73 Å². The summed E-state index contributed by atoms with van der Waals surface area (Å²) in [5.74, 6) is 1.93. The Morgan fingerprint density at radius 2 is 2.24 bits per heavy atom. The number of aromatic nitrogens is 3. The van der Waals surface area contributed by atoms with E-state index < -0.39 is 0 Å². The van der Waals surface area contributed by atoms with Crippen LogP contribution < -0.4 is 21.3 Å². The van der Waals surface area contributed by atoms with Crippen LogP contribution in [0.5, 0.6) is 0 Å². The summed E-state index contributed by atoms with van der Waals surface area (Å²) in [4.78, 5) is 19.4. The Morgan fingerprint density at radius 3 is 2.97 bits per heavy atom. The van der Waals surface area contributed by atoms with Crippen molar-refractivity contribution in [2.45, 2.75) is 25.9 Å². The summed E-state index contributed by atoms with van der Waals surface area (Å²) in [5.41, 5.74) is 10.8. The van der Waals surface area contributed by atoms with Gasteiger partial charge in [0, 0.05) is 36.6 Å². The number of ether oxygens (including phenoxy) is 1. The molecule has 1 amide bonds. The monoisotopic (exact) mass is 446 g/mol. The first-order valence-electron chi connectivity index (χ1n) is 10.9. The van der Waals surface area contributed by atoms with Crippen LogP contribution in [-0.4, -0.2) is 53.1 Å². The normalized spacial score (nSPS) is 17.6. The van der Waals surface area contributed by atoms with Crippen molar-refractivity contribution in [3.05, 3.63) is 47.2 Å². The van der Waals surface area contributed by atoms with E-state index in [9.17, 15) is 4.79 Å². The molecule has 0 bridgehead atoms. The highest BCUT2D eigenvalue weighted by atomic mass is 16.5. The van der Waals surface area contributed by atoms with Gasteiger partial charge in [-0.05, 0) is 35.2 Å². The van der Waals surface area contributed by atoms with Gasteiger partial charge in [0.2, 0.25) is 5.91 Å². The predicted octanol–water partition coefficient (Wildman–Crippen LogP) is 2.39. The quantitative estimate of drug-likeness (QED) is 0.366. The molecule has 10 nitrogen and oxygen atoms in total. The highest BCUT2D eigenvalue weighted by Gasteiger charge is 2.28. The smallest absolute Gasteiger partial charge is 0.228 e. The van der Waals surface area contributed by atoms with Crippen LogP contribution in [0.15, 0.2) is 30.5 Å². The lowest BCUT2D eigenvalue weighted by Crippen LogP contribution is -2.44. The van der Waals surface area contributed by atoms with Crippen LogP contribution in [0.2, 0.25) is 0 Å². The van der Waals surface area contributed by atoms with Gasteiger partial charge >= 0.3 is 0 Å². The molecule has 1 atom stereocenters. The number of carbonyl (C=O) groups is 1. The van der Waals surface area contributed by atoms with Crippen molar-refractivity contribution in [2.75, 3.05) is 35.3 Å². The van der Waals surface area contributed by atoms with Crippen LogP contribution in [-0.2, 0) is 22.5 Å². The molecule has 2 aliphatic rings. The van der Waals surface area contributed by atoms with E-state index in [1.165, 1.54) is 6.21 Å². The Bertz CT molecular complexity index is 1210. The number of H-pyrrole nitrogens is 1. The molecule has 0 radical (unpaired) electrons.